The van der Waals surface area contributed by atoms with E-state index in [1.54, 1.807) is 35.3 Å². The van der Waals surface area contributed by atoms with Crippen LogP contribution in [-0.2, 0) is 11.8 Å². The molecule has 0 atom stereocenters. The summed E-state index contributed by atoms with van der Waals surface area (Å²) in [7, 11) is 1.84. The van der Waals surface area contributed by atoms with Gasteiger partial charge in [0, 0.05) is 74.7 Å². The molecule has 0 aliphatic carbocycles. The van der Waals surface area contributed by atoms with Gasteiger partial charge in [-0.05, 0) is 71.7 Å². The molecule has 0 saturated carbocycles. The predicted octanol–water partition coefficient (Wildman–Crippen LogP) is 5.16. The van der Waals surface area contributed by atoms with Crippen LogP contribution >= 0.6 is 0 Å². The number of nitrogens with one attached hydrogen (secondary N) is 1. The number of imidazole rings is 1. The van der Waals surface area contributed by atoms with Gasteiger partial charge in [0.25, 0.3) is 11.5 Å². The normalized spacial score (nSPS) is 14.2. The van der Waals surface area contributed by atoms with Crippen molar-refractivity contribution in [1.29, 1.82) is 0 Å². The van der Waals surface area contributed by atoms with Crippen LogP contribution in [0.4, 0.5) is 16.2 Å². The lowest BCUT2D eigenvalue weighted by atomic mass is 10.0. The Morgan fingerprint density at radius 1 is 1.07 bits per heavy atom. The highest BCUT2D eigenvalue weighted by Gasteiger charge is 2.31. The van der Waals surface area contributed by atoms with Crippen LogP contribution in [-0.4, -0.2) is 71.9 Å². The number of amides is 2. The zero-order valence-electron chi connectivity index (χ0n) is 27.1. The second kappa shape index (κ2) is 12.0. The standard InChI is InChI=1S/C34H40N8O4/c1-7-41(33(45)46-34(3,4)5)24-13-16-39(17-14-24)27-12-11-25(30-26(27)21-38(6)37-30)32(44)36-23-18-28(42-15-9-8-10-29(42)43)31-35-22(2)19-40(31)20-23/h8-12,15,18-21,24H,7,13-14,16-17H2,1-6H3,(H,36,44). The van der Waals surface area contributed by atoms with Gasteiger partial charge in [0.15, 0.2) is 5.65 Å². The van der Waals surface area contributed by atoms with E-state index in [1.807, 2.05) is 75.5 Å². The molecule has 5 aromatic rings. The van der Waals surface area contributed by atoms with Crippen molar-refractivity contribution in [2.75, 3.05) is 29.9 Å². The number of rotatable bonds is 6. The second-order valence-electron chi connectivity index (χ2n) is 12.8. The minimum Gasteiger partial charge on any atom is -0.444 e. The SMILES string of the molecule is CCN(C(=O)OC(C)(C)C)C1CCN(c2ccc(C(=O)Nc3cc(-n4ccccc4=O)c4nc(C)cn4c3)c3nn(C)cc23)CC1. The number of hydrogen-bond donors (Lipinski definition) is 1. The topological polar surface area (TPSA) is 119 Å². The molecule has 1 aliphatic heterocycles. The number of nitrogens with zero attached hydrogens (tertiary/aromatic N) is 7. The van der Waals surface area contributed by atoms with E-state index in [9.17, 15) is 14.4 Å². The van der Waals surface area contributed by atoms with Gasteiger partial charge in [0.05, 0.1) is 22.6 Å². The van der Waals surface area contributed by atoms with Crippen molar-refractivity contribution in [1.82, 2.24) is 28.6 Å². The summed E-state index contributed by atoms with van der Waals surface area (Å²) < 4.78 is 10.7. The molecule has 2 amide bonds. The Morgan fingerprint density at radius 2 is 1.83 bits per heavy atom. The fourth-order valence-corrected chi connectivity index (χ4v) is 6.21. The number of fused-ring (bicyclic) bond motifs is 2. The first-order chi connectivity index (χ1) is 21.9. The van der Waals surface area contributed by atoms with Crippen LogP contribution in [0.5, 0.6) is 0 Å². The lowest BCUT2D eigenvalue weighted by Gasteiger charge is -2.39. The van der Waals surface area contributed by atoms with Gasteiger partial charge in [-0.3, -0.25) is 18.8 Å². The maximum Gasteiger partial charge on any atom is 0.410 e. The van der Waals surface area contributed by atoms with Crippen LogP contribution in [0, 0.1) is 6.92 Å². The zero-order valence-corrected chi connectivity index (χ0v) is 27.1. The van der Waals surface area contributed by atoms with Gasteiger partial charge < -0.3 is 24.3 Å². The van der Waals surface area contributed by atoms with E-state index < -0.39 is 5.60 Å². The summed E-state index contributed by atoms with van der Waals surface area (Å²) in [6.07, 6.45) is 8.60. The van der Waals surface area contributed by atoms with E-state index in [0.29, 0.717) is 34.6 Å². The van der Waals surface area contributed by atoms with Crippen LogP contribution < -0.4 is 15.8 Å². The summed E-state index contributed by atoms with van der Waals surface area (Å²) in [4.78, 5) is 48.0. The van der Waals surface area contributed by atoms with Crippen LogP contribution in [0.3, 0.4) is 0 Å². The Balaban J connectivity index is 1.25. The Morgan fingerprint density at radius 3 is 2.52 bits per heavy atom. The molecule has 12 nitrogen and oxygen atoms in total. The fraction of sp³-hybridized carbons (Fsp3) is 0.382. The number of carbonyl (C=O) groups is 2. The number of aryl methyl sites for hydroxylation is 2. The molecule has 1 saturated heterocycles. The molecule has 0 radical (unpaired) electrons. The Hall–Kier alpha value is -5.13. The first-order valence-electron chi connectivity index (χ1n) is 15.6. The molecular formula is C34H40N8O4. The third-order valence-corrected chi connectivity index (χ3v) is 8.22. The van der Waals surface area contributed by atoms with Crippen LogP contribution in [0.25, 0.3) is 22.2 Å². The number of piperidine rings is 1. The smallest absolute Gasteiger partial charge is 0.410 e. The van der Waals surface area contributed by atoms with Gasteiger partial charge in [0.2, 0.25) is 0 Å². The largest absolute Gasteiger partial charge is 0.444 e. The summed E-state index contributed by atoms with van der Waals surface area (Å²) in [5, 5.41) is 8.58. The summed E-state index contributed by atoms with van der Waals surface area (Å²) in [6, 6.07) is 10.6. The van der Waals surface area contributed by atoms with Crippen molar-refractivity contribution >= 4 is 39.9 Å². The lowest BCUT2D eigenvalue weighted by Crippen LogP contribution is -2.48. The quantitative estimate of drug-likeness (QED) is 0.277. The molecule has 1 fully saturated rings. The van der Waals surface area contributed by atoms with Crippen molar-refractivity contribution in [3.05, 3.63) is 82.8 Å². The van der Waals surface area contributed by atoms with Gasteiger partial charge in [-0.2, -0.15) is 5.10 Å². The van der Waals surface area contributed by atoms with E-state index in [0.717, 1.165) is 42.7 Å². The molecule has 1 aromatic carbocycles. The highest BCUT2D eigenvalue weighted by molar-refractivity contribution is 6.14. The van der Waals surface area contributed by atoms with E-state index in [1.165, 1.54) is 10.6 Å². The molecule has 4 aromatic heterocycles. The number of hydrogen-bond acceptors (Lipinski definition) is 7. The molecule has 0 unspecified atom stereocenters. The lowest BCUT2D eigenvalue weighted by molar-refractivity contribution is 0.0149. The van der Waals surface area contributed by atoms with E-state index in [-0.39, 0.29) is 23.6 Å². The highest BCUT2D eigenvalue weighted by Crippen LogP contribution is 2.32. The second-order valence-corrected chi connectivity index (χ2v) is 12.8. The molecule has 0 bridgehead atoms. The minimum absolute atomic E-state index is 0.0961. The van der Waals surface area contributed by atoms with Crippen molar-refractivity contribution in [3.63, 3.8) is 0 Å². The highest BCUT2D eigenvalue weighted by atomic mass is 16.6. The number of benzene rings is 1. The Kier molecular flexibility index (Phi) is 8.05. The molecule has 6 rings (SSSR count). The molecule has 1 aliphatic rings. The maximum atomic E-state index is 13.8. The summed E-state index contributed by atoms with van der Waals surface area (Å²) in [5.41, 5.74) is 3.77. The average molecular weight is 625 g/mol. The van der Waals surface area contributed by atoms with E-state index in [4.69, 9.17) is 4.74 Å². The first-order valence-corrected chi connectivity index (χ1v) is 15.6. The van der Waals surface area contributed by atoms with Crippen molar-refractivity contribution in [2.24, 2.45) is 7.05 Å². The summed E-state index contributed by atoms with van der Waals surface area (Å²) >= 11 is 0. The minimum atomic E-state index is -0.542. The predicted molar refractivity (Wildman–Crippen MR) is 178 cm³/mol. The number of ether oxygens (including phenoxy) is 1. The molecule has 1 N–H and O–H groups in total. The molecule has 5 heterocycles. The van der Waals surface area contributed by atoms with Crippen LogP contribution in [0.2, 0.25) is 0 Å². The monoisotopic (exact) mass is 624 g/mol. The Bertz CT molecular complexity index is 1990. The molecule has 46 heavy (non-hydrogen) atoms. The molecule has 0 spiro atoms. The summed E-state index contributed by atoms with van der Waals surface area (Å²) in [5.74, 6) is -0.313. The third kappa shape index (κ3) is 6.07. The summed E-state index contributed by atoms with van der Waals surface area (Å²) in [6.45, 7) is 11.6. The van der Waals surface area contributed by atoms with Gasteiger partial charge >= 0.3 is 6.09 Å². The van der Waals surface area contributed by atoms with Gasteiger partial charge in [-0.1, -0.05) is 6.07 Å². The number of carbonyl (C=O) groups excluding carboxylic acids is 2. The van der Waals surface area contributed by atoms with E-state index in [2.05, 4.69) is 20.3 Å². The van der Waals surface area contributed by atoms with E-state index >= 15 is 0 Å². The van der Waals surface area contributed by atoms with Gasteiger partial charge in [0.1, 0.15) is 11.1 Å². The first kappa shape index (κ1) is 30.9. The molecular weight excluding hydrogens is 584 g/mol. The zero-order chi connectivity index (χ0) is 32.7. The van der Waals surface area contributed by atoms with Gasteiger partial charge in [-0.15, -0.1) is 0 Å². The Labute approximate surface area is 267 Å². The number of anilines is 2. The fourth-order valence-electron chi connectivity index (χ4n) is 6.21. The number of aromatic nitrogens is 5. The molecule has 12 heteroatoms. The van der Waals surface area contributed by atoms with Crippen molar-refractivity contribution < 1.29 is 14.3 Å². The van der Waals surface area contributed by atoms with Crippen molar-refractivity contribution in [3.8, 4) is 5.69 Å². The number of pyridine rings is 2. The average Bonchev–Trinajstić information content (AvgIpc) is 3.57. The third-order valence-electron chi connectivity index (χ3n) is 8.22. The van der Waals surface area contributed by atoms with Crippen LogP contribution in [0.1, 0.15) is 56.6 Å². The van der Waals surface area contributed by atoms with Crippen LogP contribution in [0.15, 0.2) is 66.0 Å². The van der Waals surface area contributed by atoms with Gasteiger partial charge in [-0.25, -0.2) is 9.78 Å². The maximum absolute atomic E-state index is 13.8. The van der Waals surface area contributed by atoms with Crippen molar-refractivity contribution in [2.45, 2.75) is 59.1 Å². The molecule has 240 valence electrons.